The summed E-state index contributed by atoms with van der Waals surface area (Å²) in [6.45, 7) is 2.10. The first kappa shape index (κ1) is 10.6. The first-order valence-corrected chi connectivity index (χ1v) is 5.81. The van der Waals surface area contributed by atoms with Crippen molar-refractivity contribution >= 4 is 27.0 Å². The second-order valence-corrected chi connectivity index (χ2v) is 4.47. The lowest BCUT2D eigenvalue weighted by Crippen LogP contribution is -2.09. The standard InChI is InChI=1S/C11H13BrN2O/c1-2-3-8(13)11-14-9-6-7(12)4-5-10(9)15-11/h4-6,8H,2-3,13H2,1H3. The quantitative estimate of drug-likeness (QED) is 0.929. The normalized spacial score (nSPS) is 13.3. The van der Waals surface area contributed by atoms with E-state index in [0.717, 1.165) is 28.4 Å². The Kier molecular flexibility index (Phi) is 3.07. The maximum absolute atomic E-state index is 5.94. The molecule has 0 saturated carbocycles. The molecule has 1 aromatic carbocycles. The highest BCUT2D eigenvalue weighted by atomic mass is 79.9. The number of aromatic nitrogens is 1. The monoisotopic (exact) mass is 268 g/mol. The first-order valence-electron chi connectivity index (χ1n) is 5.02. The predicted octanol–water partition coefficient (Wildman–Crippen LogP) is 3.39. The molecular formula is C11H13BrN2O. The van der Waals surface area contributed by atoms with Crippen LogP contribution < -0.4 is 5.73 Å². The van der Waals surface area contributed by atoms with E-state index in [1.807, 2.05) is 18.2 Å². The van der Waals surface area contributed by atoms with Crippen molar-refractivity contribution in [1.82, 2.24) is 4.98 Å². The second-order valence-electron chi connectivity index (χ2n) is 3.56. The molecular weight excluding hydrogens is 256 g/mol. The Morgan fingerprint density at radius 2 is 2.33 bits per heavy atom. The van der Waals surface area contributed by atoms with E-state index in [0.29, 0.717) is 5.89 Å². The van der Waals surface area contributed by atoms with E-state index in [1.165, 1.54) is 0 Å². The van der Waals surface area contributed by atoms with E-state index >= 15 is 0 Å². The van der Waals surface area contributed by atoms with Crippen LogP contribution in [0.1, 0.15) is 31.7 Å². The van der Waals surface area contributed by atoms with Crippen LogP contribution in [0.25, 0.3) is 11.1 Å². The Hall–Kier alpha value is -0.870. The van der Waals surface area contributed by atoms with E-state index in [-0.39, 0.29) is 6.04 Å². The topological polar surface area (TPSA) is 52.0 Å². The molecule has 2 N–H and O–H groups in total. The number of rotatable bonds is 3. The average molecular weight is 269 g/mol. The fourth-order valence-corrected chi connectivity index (χ4v) is 1.86. The maximum atomic E-state index is 5.94. The summed E-state index contributed by atoms with van der Waals surface area (Å²) in [5.74, 6) is 0.630. The van der Waals surface area contributed by atoms with Gasteiger partial charge >= 0.3 is 0 Å². The van der Waals surface area contributed by atoms with E-state index in [4.69, 9.17) is 10.2 Å². The van der Waals surface area contributed by atoms with Gasteiger partial charge in [-0.25, -0.2) is 4.98 Å². The Morgan fingerprint density at radius 1 is 1.53 bits per heavy atom. The molecule has 1 heterocycles. The fourth-order valence-electron chi connectivity index (χ4n) is 1.51. The summed E-state index contributed by atoms with van der Waals surface area (Å²) < 4.78 is 6.58. The highest BCUT2D eigenvalue weighted by Gasteiger charge is 2.12. The van der Waals surface area contributed by atoms with Crippen molar-refractivity contribution in [3.05, 3.63) is 28.6 Å². The second kappa shape index (κ2) is 4.33. The van der Waals surface area contributed by atoms with Gasteiger partial charge in [0, 0.05) is 4.47 Å². The van der Waals surface area contributed by atoms with Crippen LogP contribution in [0.5, 0.6) is 0 Å². The van der Waals surface area contributed by atoms with Crippen molar-refractivity contribution in [3.8, 4) is 0 Å². The summed E-state index contributed by atoms with van der Waals surface area (Å²) in [6.07, 6.45) is 1.93. The summed E-state index contributed by atoms with van der Waals surface area (Å²) in [7, 11) is 0. The minimum absolute atomic E-state index is 0.0961. The summed E-state index contributed by atoms with van der Waals surface area (Å²) in [6, 6.07) is 5.67. The van der Waals surface area contributed by atoms with Gasteiger partial charge in [-0.2, -0.15) is 0 Å². The number of nitrogens with zero attached hydrogens (tertiary/aromatic N) is 1. The number of nitrogens with two attached hydrogens (primary N) is 1. The molecule has 15 heavy (non-hydrogen) atoms. The van der Waals surface area contributed by atoms with Gasteiger partial charge in [-0.15, -0.1) is 0 Å². The molecule has 0 amide bonds. The molecule has 0 bridgehead atoms. The van der Waals surface area contributed by atoms with Crippen LogP contribution in [-0.2, 0) is 0 Å². The summed E-state index contributed by atoms with van der Waals surface area (Å²) in [5, 5.41) is 0. The summed E-state index contributed by atoms with van der Waals surface area (Å²) in [5.41, 5.74) is 7.58. The van der Waals surface area contributed by atoms with Crippen molar-refractivity contribution in [2.45, 2.75) is 25.8 Å². The lowest BCUT2D eigenvalue weighted by molar-refractivity contribution is 0.456. The molecule has 2 rings (SSSR count). The highest BCUT2D eigenvalue weighted by Crippen LogP contribution is 2.24. The van der Waals surface area contributed by atoms with Crippen molar-refractivity contribution in [2.75, 3.05) is 0 Å². The van der Waals surface area contributed by atoms with Crippen molar-refractivity contribution < 1.29 is 4.42 Å². The molecule has 1 atom stereocenters. The Morgan fingerprint density at radius 3 is 3.07 bits per heavy atom. The molecule has 0 radical (unpaired) electrons. The van der Waals surface area contributed by atoms with E-state index in [2.05, 4.69) is 27.8 Å². The molecule has 0 spiro atoms. The number of halogens is 1. The zero-order valence-electron chi connectivity index (χ0n) is 8.53. The molecule has 2 aromatic rings. The number of hydrogen-bond acceptors (Lipinski definition) is 3. The van der Waals surface area contributed by atoms with Crippen LogP contribution in [0, 0.1) is 0 Å². The Bertz CT molecular complexity index is 467. The minimum atomic E-state index is -0.0961. The van der Waals surface area contributed by atoms with Crippen LogP contribution in [0.3, 0.4) is 0 Å². The first-order chi connectivity index (χ1) is 7.20. The van der Waals surface area contributed by atoms with Gasteiger partial charge < -0.3 is 10.2 Å². The minimum Gasteiger partial charge on any atom is -0.439 e. The lowest BCUT2D eigenvalue weighted by Gasteiger charge is -2.03. The van der Waals surface area contributed by atoms with Crippen molar-refractivity contribution in [3.63, 3.8) is 0 Å². The summed E-state index contributed by atoms with van der Waals surface area (Å²) in [4.78, 5) is 4.37. The van der Waals surface area contributed by atoms with Crippen LogP contribution in [0.4, 0.5) is 0 Å². The van der Waals surface area contributed by atoms with Gasteiger partial charge in [0.15, 0.2) is 5.58 Å². The molecule has 0 fully saturated rings. The third-order valence-electron chi connectivity index (χ3n) is 2.28. The number of oxazole rings is 1. The predicted molar refractivity (Wildman–Crippen MR) is 63.5 cm³/mol. The molecule has 0 aliphatic carbocycles. The number of hydrogen-bond donors (Lipinski definition) is 1. The van der Waals surface area contributed by atoms with Gasteiger partial charge in [0.2, 0.25) is 5.89 Å². The van der Waals surface area contributed by atoms with Gasteiger partial charge in [0.25, 0.3) is 0 Å². The van der Waals surface area contributed by atoms with E-state index in [1.54, 1.807) is 0 Å². The molecule has 0 aliphatic rings. The molecule has 0 aliphatic heterocycles. The summed E-state index contributed by atoms with van der Waals surface area (Å²) >= 11 is 3.40. The van der Waals surface area contributed by atoms with Gasteiger partial charge in [0.05, 0.1) is 6.04 Å². The highest BCUT2D eigenvalue weighted by molar-refractivity contribution is 9.10. The third kappa shape index (κ3) is 2.21. The Labute approximate surface area is 96.8 Å². The SMILES string of the molecule is CCCC(N)c1nc2cc(Br)ccc2o1. The number of benzene rings is 1. The maximum Gasteiger partial charge on any atom is 0.212 e. The number of fused-ring (bicyclic) bond motifs is 1. The smallest absolute Gasteiger partial charge is 0.212 e. The average Bonchev–Trinajstić information content (AvgIpc) is 2.60. The molecule has 3 nitrogen and oxygen atoms in total. The molecule has 4 heteroatoms. The zero-order chi connectivity index (χ0) is 10.8. The zero-order valence-corrected chi connectivity index (χ0v) is 10.1. The Balaban J connectivity index is 2.38. The molecule has 0 saturated heterocycles. The molecule has 1 aromatic heterocycles. The largest absolute Gasteiger partial charge is 0.439 e. The third-order valence-corrected chi connectivity index (χ3v) is 2.78. The van der Waals surface area contributed by atoms with Crippen LogP contribution >= 0.6 is 15.9 Å². The van der Waals surface area contributed by atoms with E-state index < -0.39 is 0 Å². The molecule has 1 unspecified atom stereocenters. The van der Waals surface area contributed by atoms with E-state index in [9.17, 15) is 0 Å². The van der Waals surface area contributed by atoms with Crippen LogP contribution in [-0.4, -0.2) is 4.98 Å². The van der Waals surface area contributed by atoms with Gasteiger partial charge in [-0.3, -0.25) is 0 Å². The van der Waals surface area contributed by atoms with Crippen molar-refractivity contribution in [2.24, 2.45) is 5.73 Å². The van der Waals surface area contributed by atoms with Crippen molar-refractivity contribution in [1.29, 1.82) is 0 Å². The lowest BCUT2D eigenvalue weighted by atomic mass is 10.2. The van der Waals surface area contributed by atoms with Crippen LogP contribution in [0.15, 0.2) is 27.1 Å². The van der Waals surface area contributed by atoms with Gasteiger partial charge in [-0.05, 0) is 24.6 Å². The van der Waals surface area contributed by atoms with Gasteiger partial charge in [0.1, 0.15) is 5.52 Å². The van der Waals surface area contributed by atoms with Gasteiger partial charge in [-0.1, -0.05) is 29.3 Å². The van der Waals surface area contributed by atoms with Crippen LogP contribution in [0.2, 0.25) is 0 Å². The molecule has 80 valence electrons. The fraction of sp³-hybridized carbons (Fsp3) is 0.364.